The van der Waals surface area contributed by atoms with Gasteiger partial charge in [-0.15, -0.1) is 0 Å². The van der Waals surface area contributed by atoms with Gasteiger partial charge in [0.2, 0.25) is 0 Å². The molecule has 102 valence electrons. The number of aromatic nitrogens is 2. The summed E-state index contributed by atoms with van der Waals surface area (Å²) in [5, 5.41) is 4.50. The minimum absolute atomic E-state index is 0.230. The lowest BCUT2D eigenvalue weighted by Crippen LogP contribution is -2.51. The van der Waals surface area contributed by atoms with Crippen LogP contribution in [0.4, 0.5) is 0 Å². The van der Waals surface area contributed by atoms with Crippen molar-refractivity contribution in [3.63, 3.8) is 0 Å². The summed E-state index contributed by atoms with van der Waals surface area (Å²) in [5.41, 5.74) is 7.48. The summed E-state index contributed by atoms with van der Waals surface area (Å²) in [7, 11) is 1.97. The number of aryl methyl sites for hydroxylation is 1. The molecule has 0 atom stereocenters. The highest BCUT2D eigenvalue weighted by atomic mass is 15.3. The van der Waals surface area contributed by atoms with Gasteiger partial charge in [0.05, 0.1) is 5.69 Å². The molecule has 0 amide bonds. The molecule has 2 N–H and O–H groups in total. The Morgan fingerprint density at radius 1 is 1.44 bits per heavy atom. The SMILES string of the molecule is CCCN(Cc1ccn(C)n1)C1(CN)CCCC1. The predicted molar refractivity (Wildman–Crippen MR) is 74.2 cm³/mol. The lowest BCUT2D eigenvalue weighted by atomic mass is 9.94. The van der Waals surface area contributed by atoms with Gasteiger partial charge in [0, 0.05) is 31.9 Å². The molecular weight excluding hydrogens is 224 g/mol. The first-order valence-electron chi connectivity index (χ1n) is 7.14. The smallest absolute Gasteiger partial charge is 0.0764 e. The molecule has 1 aromatic heterocycles. The van der Waals surface area contributed by atoms with Gasteiger partial charge in [-0.2, -0.15) is 5.10 Å². The molecule has 4 heteroatoms. The summed E-state index contributed by atoms with van der Waals surface area (Å²) >= 11 is 0. The van der Waals surface area contributed by atoms with Crippen molar-refractivity contribution in [2.24, 2.45) is 12.8 Å². The van der Waals surface area contributed by atoms with Crippen LogP contribution in [-0.2, 0) is 13.6 Å². The van der Waals surface area contributed by atoms with E-state index in [4.69, 9.17) is 5.73 Å². The third kappa shape index (κ3) is 2.75. The molecule has 0 unspecified atom stereocenters. The van der Waals surface area contributed by atoms with Crippen molar-refractivity contribution in [2.45, 2.75) is 51.1 Å². The standard InChI is InChI=1S/C14H26N4/c1-3-9-18(11-13-6-10-17(2)16-13)14(12-15)7-4-5-8-14/h6,10H,3-5,7-9,11-12,15H2,1-2H3. The van der Waals surface area contributed by atoms with Crippen molar-refractivity contribution in [2.75, 3.05) is 13.1 Å². The molecule has 0 bridgehead atoms. The van der Waals surface area contributed by atoms with E-state index in [1.54, 1.807) is 0 Å². The fourth-order valence-electron chi connectivity index (χ4n) is 3.18. The van der Waals surface area contributed by atoms with Crippen LogP contribution >= 0.6 is 0 Å². The first-order chi connectivity index (χ1) is 8.70. The Bertz CT molecular complexity index is 366. The van der Waals surface area contributed by atoms with Crippen LogP contribution in [0.5, 0.6) is 0 Å². The van der Waals surface area contributed by atoms with Crippen LogP contribution < -0.4 is 5.73 Å². The van der Waals surface area contributed by atoms with Gasteiger partial charge in [-0.3, -0.25) is 9.58 Å². The molecule has 2 rings (SSSR count). The van der Waals surface area contributed by atoms with Gasteiger partial charge in [0.25, 0.3) is 0 Å². The highest BCUT2D eigenvalue weighted by Gasteiger charge is 2.37. The van der Waals surface area contributed by atoms with E-state index in [9.17, 15) is 0 Å². The second-order valence-corrected chi connectivity index (χ2v) is 5.54. The fraction of sp³-hybridized carbons (Fsp3) is 0.786. The maximum Gasteiger partial charge on any atom is 0.0764 e. The maximum absolute atomic E-state index is 6.09. The fourth-order valence-corrected chi connectivity index (χ4v) is 3.18. The van der Waals surface area contributed by atoms with Crippen LogP contribution in [0.1, 0.15) is 44.7 Å². The molecule has 1 heterocycles. The van der Waals surface area contributed by atoms with Gasteiger partial charge >= 0.3 is 0 Å². The molecule has 18 heavy (non-hydrogen) atoms. The third-order valence-corrected chi connectivity index (χ3v) is 4.20. The molecule has 1 aliphatic carbocycles. The van der Waals surface area contributed by atoms with E-state index in [2.05, 4.69) is 23.0 Å². The quantitative estimate of drug-likeness (QED) is 0.839. The highest BCUT2D eigenvalue weighted by molar-refractivity contribution is 5.03. The molecule has 0 spiro atoms. The van der Waals surface area contributed by atoms with Crippen LogP contribution in [0, 0.1) is 0 Å². The molecule has 4 nitrogen and oxygen atoms in total. The third-order valence-electron chi connectivity index (χ3n) is 4.20. The Morgan fingerprint density at radius 3 is 2.67 bits per heavy atom. The van der Waals surface area contributed by atoms with Crippen molar-refractivity contribution in [3.8, 4) is 0 Å². The van der Waals surface area contributed by atoms with Gasteiger partial charge < -0.3 is 5.73 Å². The molecule has 0 aliphatic heterocycles. The molecule has 1 aliphatic rings. The Kier molecular flexibility index (Phi) is 4.40. The van der Waals surface area contributed by atoms with E-state index in [0.29, 0.717) is 0 Å². The summed E-state index contributed by atoms with van der Waals surface area (Å²) in [5.74, 6) is 0. The van der Waals surface area contributed by atoms with Crippen molar-refractivity contribution in [1.29, 1.82) is 0 Å². The van der Waals surface area contributed by atoms with E-state index >= 15 is 0 Å². The molecule has 0 radical (unpaired) electrons. The monoisotopic (exact) mass is 250 g/mol. The van der Waals surface area contributed by atoms with Crippen LogP contribution in [0.15, 0.2) is 12.3 Å². The Balaban J connectivity index is 2.11. The van der Waals surface area contributed by atoms with E-state index < -0.39 is 0 Å². The topological polar surface area (TPSA) is 47.1 Å². The van der Waals surface area contributed by atoms with Gasteiger partial charge in [-0.1, -0.05) is 19.8 Å². The number of hydrogen-bond donors (Lipinski definition) is 1. The van der Waals surface area contributed by atoms with Gasteiger partial charge in [-0.05, 0) is 31.9 Å². The zero-order chi connectivity index (χ0) is 13.0. The predicted octanol–water partition coefficient (Wildman–Crippen LogP) is 1.90. The van der Waals surface area contributed by atoms with Crippen molar-refractivity contribution in [1.82, 2.24) is 14.7 Å². The molecule has 1 aromatic rings. The van der Waals surface area contributed by atoms with E-state index in [1.807, 2.05) is 17.9 Å². The minimum atomic E-state index is 0.230. The van der Waals surface area contributed by atoms with Gasteiger partial charge in [-0.25, -0.2) is 0 Å². The Labute approximate surface area is 110 Å². The molecular formula is C14H26N4. The normalized spacial score (nSPS) is 18.7. The number of nitrogens with two attached hydrogens (primary N) is 1. The lowest BCUT2D eigenvalue weighted by Gasteiger charge is -2.40. The summed E-state index contributed by atoms with van der Waals surface area (Å²) in [6.45, 7) is 5.07. The first-order valence-corrected chi connectivity index (χ1v) is 7.14. The average molecular weight is 250 g/mol. The second kappa shape index (κ2) is 5.85. The molecule has 1 fully saturated rings. The summed E-state index contributed by atoms with van der Waals surface area (Å²) < 4.78 is 1.88. The van der Waals surface area contributed by atoms with Gasteiger partial charge in [0.1, 0.15) is 0 Å². The second-order valence-electron chi connectivity index (χ2n) is 5.54. The number of rotatable bonds is 6. The first kappa shape index (κ1) is 13.6. The van der Waals surface area contributed by atoms with E-state index in [1.165, 1.54) is 32.1 Å². The maximum atomic E-state index is 6.09. The Hall–Kier alpha value is -0.870. The van der Waals surface area contributed by atoms with Crippen LogP contribution in [0.3, 0.4) is 0 Å². The zero-order valence-corrected chi connectivity index (χ0v) is 11.7. The Morgan fingerprint density at radius 2 is 2.17 bits per heavy atom. The number of hydrogen-bond acceptors (Lipinski definition) is 3. The van der Waals surface area contributed by atoms with E-state index in [0.717, 1.165) is 25.3 Å². The summed E-state index contributed by atoms with van der Waals surface area (Å²) in [4.78, 5) is 2.57. The molecule has 1 saturated carbocycles. The van der Waals surface area contributed by atoms with Crippen molar-refractivity contribution >= 4 is 0 Å². The average Bonchev–Trinajstić information content (AvgIpc) is 2.98. The van der Waals surface area contributed by atoms with E-state index in [-0.39, 0.29) is 5.54 Å². The summed E-state index contributed by atoms with van der Waals surface area (Å²) in [6.07, 6.45) is 8.32. The molecule has 0 saturated heterocycles. The summed E-state index contributed by atoms with van der Waals surface area (Å²) in [6, 6.07) is 2.11. The van der Waals surface area contributed by atoms with Crippen LogP contribution in [-0.4, -0.2) is 33.3 Å². The minimum Gasteiger partial charge on any atom is -0.329 e. The van der Waals surface area contributed by atoms with Crippen LogP contribution in [0.2, 0.25) is 0 Å². The van der Waals surface area contributed by atoms with Crippen LogP contribution in [0.25, 0.3) is 0 Å². The number of nitrogens with zero attached hydrogens (tertiary/aromatic N) is 3. The highest BCUT2D eigenvalue weighted by Crippen LogP contribution is 2.35. The zero-order valence-electron chi connectivity index (χ0n) is 11.7. The lowest BCUT2D eigenvalue weighted by molar-refractivity contribution is 0.0888. The largest absolute Gasteiger partial charge is 0.329 e. The van der Waals surface area contributed by atoms with Crippen molar-refractivity contribution in [3.05, 3.63) is 18.0 Å². The molecule has 0 aromatic carbocycles. The van der Waals surface area contributed by atoms with Gasteiger partial charge in [0.15, 0.2) is 0 Å². The van der Waals surface area contributed by atoms with Crippen molar-refractivity contribution < 1.29 is 0 Å².